The van der Waals surface area contributed by atoms with E-state index in [1.165, 1.54) is 12.4 Å². The molecule has 5 aromatic rings. The molecule has 2 heterocycles. The number of methoxy groups -OCH3 is 1. The molecule has 0 fully saturated rings. The van der Waals surface area contributed by atoms with Gasteiger partial charge in [-0.05, 0) is 60.2 Å². The van der Waals surface area contributed by atoms with Crippen molar-refractivity contribution in [3.05, 3.63) is 115 Å². The summed E-state index contributed by atoms with van der Waals surface area (Å²) in [6.07, 6.45) is 8.37. The molecule has 2 aromatic heterocycles. The van der Waals surface area contributed by atoms with Gasteiger partial charge < -0.3 is 10.1 Å². The van der Waals surface area contributed by atoms with Crippen molar-refractivity contribution >= 4 is 12.0 Å². The Morgan fingerprint density at radius 3 is 2.39 bits per heavy atom. The van der Waals surface area contributed by atoms with E-state index in [1.807, 2.05) is 89.7 Å². The zero-order valence-corrected chi connectivity index (χ0v) is 19.7. The predicted octanol–water partition coefficient (Wildman–Crippen LogP) is 4.46. The Morgan fingerprint density at radius 1 is 0.944 bits per heavy atom. The molecule has 0 bridgehead atoms. The van der Waals surface area contributed by atoms with Crippen molar-refractivity contribution in [2.24, 2.45) is 0 Å². The maximum atomic E-state index is 12.6. The molecular weight excluding hydrogens is 452 g/mol. The average molecular weight is 477 g/mol. The van der Waals surface area contributed by atoms with Crippen LogP contribution in [0.15, 0.2) is 104 Å². The number of rotatable bonds is 8. The van der Waals surface area contributed by atoms with Gasteiger partial charge in [0.05, 0.1) is 24.2 Å². The summed E-state index contributed by atoms with van der Waals surface area (Å²) < 4.78 is 8.77. The van der Waals surface area contributed by atoms with Crippen molar-refractivity contribution in [2.45, 2.75) is 6.54 Å². The molecule has 0 saturated heterocycles. The number of nitrogens with zero attached hydrogens (tertiary/aromatic N) is 5. The molecular formula is C28H24N6O2. The van der Waals surface area contributed by atoms with E-state index in [1.54, 1.807) is 24.2 Å². The lowest BCUT2D eigenvalue weighted by Crippen LogP contribution is -2.20. The third-order valence-corrected chi connectivity index (χ3v) is 5.63. The van der Waals surface area contributed by atoms with E-state index in [9.17, 15) is 4.79 Å². The van der Waals surface area contributed by atoms with Crippen LogP contribution >= 0.6 is 0 Å². The Kier molecular flexibility index (Phi) is 6.66. The van der Waals surface area contributed by atoms with Crippen LogP contribution in [-0.2, 0) is 11.3 Å². The number of ether oxygens (including phenoxy) is 1. The number of amides is 1. The number of aromatic nitrogens is 5. The molecule has 0 saturated carbocycles. The van der Waals surface area contributed by atoms with Gasteiger partial charge in [-0.25, -0.2) is 14.3 Å². The van der Waals surface area contributed by atoms with Gasteiger partial charge in [0.1, 0.15) is 18.4 Å². The minimum Gasteiger partial charge on any atom is -0.497 e. The first-order chi connectivity index (χ1) is 17.7. The van der Waals surface area contributed by atoms with Gasteiger partial charge in [-0.2, -0.15) is 10.2 Å². The van der Waals surface area contributed by atoms with Crippen molar-refractivity contribution in [1.29, 1.82) is 0 Å². The molecule has 1 amide bonds. The van der Waals surface area contributed by atoms with Crippen molar-refractivity contribution < 1.29 is 9.53 Å². The molecule has 0 aliphatic rings. The van der Waals surface area contributed by atoms with Gasteiger partial charge >= 0.3 is 0 Å². The van der Waals surface area contributed by atoms with Gasteiger partial charge in [-0.3, -0.25) is 4.79 Å². The van der Waals surface area contributed by atoms with E-state index < -0.39 is 0 Å². The summed E-state index contributed by atoms with van der Waals surface area (Å²) >= 11 is 0. The highest BCUT2D eigenvalue weighted by molar-refractivity contribution is 5.92. The highest BCUT2D eigenvalue weighted by atomic mass is 16.5. The third-order valence-electron chi connectivity index (χ3n) is 5.63. The highest BCUT2D eigenvalue weighted by Crippen LogP contribution is 2.26. The maximum absolute atomic E-state index is 12.6. The van der Waals surface area contributed by atoms with Crippen molar-refractivity contribution in [2.75, 3.05) is 7.11 Å². The van der Waals surface area contributed by atoms with Crippen LogP contribution in [0.25, 0.3) is 28.7 Å². The SMILES string of the molecule is COc1ccc(-c2nn(-c3ccccc3)cc2/C=C/C(=O)NCc2ccc(-n3cncn3)cc2)cc1. The molecule has 36 heavy (non-hydrogen) atoms. The number of nitrogens with one attached hydrogen (secondary N) is 1. The van der Waals surface area contributed by atoms with Gasteiger partial charge in [-0.1, -0.05) is 30.3 Å². The number of carbonyl (C=O) groups is 1. The Labute approximate surface area is 208 Å². The lowest BCUT2D eigenvalue weighted by Gasteiger charge is -2.05. The smallest absolute Gasteiger partial charge is 0.244 e. The minimum absolute atomic E-state index is 0.191. The molecule has 0 atom stereocenters. The number of carbonyl (C=O) groups excluding carboxylic acids is 1. The molecule has 0 aliphatic carbocycles. The minimum atomic E-state index is -0.191. The molecule has 5 rings (SSSR count). The van der Waals surface area contributed by atoms with Crippen molar-refractivity contribution in [3.63, 3.8) is 0 Å². The largest absolute Gasteiger partial charge is 0.497 e. The van der Waals surface area contributed by atoms with Crippen LogP contribution in [0.2, 0.25) is 0 Å². The highest BCUT2D eigenvalue weighted by Gasteiger charge is 2.11. The van der Waals surface area contributed by atoms with E-state index >= 15 is 0 Å². The zero-order valence-electron chi connectivity index (χ0n) is 19.7. The molecule has 0 aliphatic heterocycles. The summed E-state index contributed by atoms with van der Waals surface area (Å²) in [6.45, 7) is 0.412. The van der Waals surface area contributed by atoms with Crippen LogP contribution in [0, 0.1) is 0 Å². The maximum Gasteiger partial charge on any atom is 0.244 e. The van der Waals surface area contributed by atoms with Crippen LogP contribution in [0.1, 0.15) is 11.1 Å². The fraction of sp³-hybridized carbons (Fsp3) is 0.0714. The fourth-order valence-corrected chi connectivity index (χ4v) is 3.72. The zero-order chi connectivity index (χ0) is 24.7. The first-order valence-electron chi connectivity index (χ1n) is 11.4. The molecule has 8 heteroatoms. The Balaban J connectivity index is 1.31. The standard InChI is InChI=1S/C28H24N6O2/c1-36-26-14-9-22(10-15-26)28-23(18-33(32-28)24-5-3-2-4-6-24)11-16-27(35)30-17-21-7-12-25(13-8-21)34-20-29-19-31-34/h2-16,18-20H,17H2,1H3,(H,30,35)/b16-11+. The predicted molar refractivity (Wildman–Crippen MR) is 138 cm³/mol. The number of para-hydroxylation sites is 1. The van der Waals surface area contributed by atoms with Gasteiger partial charge in [0.2, 0.25) is 5.91 Å². The van der Waals surface area contributed by atoms with Crippen molar-refractivity contribution in [1.82, 2.24) is 29.9 Å². The molecule has 8 nitrogen and oxygen atoms in total. The van der Waals surface area contributed by atoms with Crippen LogP contribution in [-0.4, -0.2) is 37.6 Å². The first kappa shape index (κ1) is 22.8. The second-order valence-electron chi connectivity index (χ2n) is 8.00. The van der Waals surface area contributed by atoms with E-state index in [4.69, 9.17) is 9.84 Å². The summed E-state index contributed by atoms with van der Waals surface area (Å²) in [5.41, 5.74) is 5.36. The van der Waals surface area contributed by atoms with E-state index in [0.29, 0.717) is 6.54 Å². The lowest BCUT2D eigenvalue weighted by molar-refractivity contribution is -0.116. The summed E-state index contributed by atoms with van der Waals surface area (Å²) in [4.78, 5) is 16.5. The molecule has 1 N–H and O–H groups in total. The molecule has 178 valence electrons. The van der Waals surface area contributed by atoms with Gasteiger partial charge in [0.25, 0.3) is 0 Å². The summed E-state index contributed by atoms with van der Waals surface area (Å²) in [5, 5.41) is 11.8. The Hall–Kier alpha value is -4.98. The van der Waals surface area contributed by atoms with Gasteiger partial charge in [-0.15, -0.1) is 0 Å². The Morgan fingerprint density at radius 2 is 1.69 bits per heavy atom. The van der Waals surface area contributed by atoms with E-state index in [2.05, 4.69) is 15.4 Å². The van der Waals surface area contributed by atoms with Crippen LogP contribution in [0.4, 0.5) is 0 Å². The monoisotopic (exact) mass is 476 g/mol. The summed E-state index contributed by atoms with van der Waals surface area (Å²) in [5.74, 6) is 0.579. The number of benzene rings is 3. The fourth-order valence-electron chi connectivity index (χ4n) is 3.72. The molecule has 3 aromatic carbocycles. The van der Waals surface area contributed by atoms with Crippen LogP contribution < -0.4 is 10.1 Å². The quantitative estimate of drug-likeness (QED) is 0.334. The van der Waals surface area contributed by atoms with Crippen LogP contribution in [0.3, 0.4) is 0 Å². The van der Waals surface area contributed by atoms with E-state index in [0.717, 1.165) is 39.5 Å². The average Bonchev–Trinajstić information content (AvgIpc) is 3.62. The van der Waals surface area contributed by atoms with Gasteiger partial charge in [0.15, 0.2) is 0 Å². The second-order valence-corrected chi connectivity index (χ2v) is 8.00. The number of hydrogen-bond donors (Lipinski definition) is 1. The normalized spacial score (nSPS) is 11.0. The molecule has 0 spiro atoms. The van der Waals surface area contributed by atoms with Crippen LogP contribution in [0.5, 0.6) is 5.75 Å². The Bertz CT molecular complexity index is 1460. The lowest BCUT2D eigenvalue weighted by atomic mass is 10.1. The topological polar surface area (TPSA) is 86.9 Å². The van der Waals surface area contributed by atoms with E-state index in [-0.39, 0.29) is 5.91 Å². The molecule has 0 radical (unpaired) electrons. The number of hydrogen-bond acceptors (Lipinski definition) is 5. The summed E-state index contributed by atoms with van der Waals surface area (Å²) in [7, 11) is 1.64. The second kappa shape index (κ2) is 10.5. The molecule has 0 unspecified atom stereocenters. The first-order valence-corrected chi connectivity index (χ1v) is 11.4. The summed E-state index contributed by atoms with van der Waals surface area (Å²) in [6, 6.07) is 25.3. The van der Waals surface area contributed by atoms with Gasteiger partial charge in [0, 0.05) is 29.9 Å². The van der Waals surface area contributed by atoms with Crippen molar-refractivity contribution in [3.8, 4) is 28.4 Å². The third kappa shape index (κ3) is 5.23.